The maximum absolute atomic E-state index is 11.7. The maximum Gasteiger partial charge on any atom is 0.325 e. The van der Waals surface area contributed by atoms with E-state index in [2.05, 4.69) is 10.6 Å². The molecule has 1 aliphatic heterocycles. The molecule has 3 N–H and O–H groups in total. The van der Waals surface area contributed by atoms with E-state index in [1.807, 2.05) is 6.92 Å². The Labute approximate surface area is 89.2 Å². The van der Waals surface area contributed by atoms with Crippen LogP contribution in [0.15, 0.2) is 0 Å². The molecule has 5 nitrogen and oxygen atoms in total. The van der Waals surface area contributed by atoms with E-state index in [9.17, 15) is 9.59 Å². The average molecular weight is 214 g/mol. The SMILES string of the molecule is CC1CCCNC1C(=O)N[C@@H](C)C(=O)O. The first-order valence-corrected chi connectivity index (χ1v) is 5.29. The molecular weight excluding hydrogens is 196 g/mol. The number of carbonyl (C=O) groups is 2. The third-order valence-corrected chi connectivity index (χ3v) is 2.78. The molecule has 2 unspecified atom stereocenters. The fourth-order valence-corrected chi connectivity index (χ4v) is 1.77. The molecule has 0 aliphatic carbocycles. The summed E-state index contributed by atoms with van der Waals surface area (Å²) in [5, 5.41) is 14.2. The Morgan fingerprint density at radius 1 is 1.53 bits per heavy atom. The van der Waals surface area contributed by atoms with Crippen LogP contribution >= 0.6 is 0 Å². The molecule has 1 aliphatic rings. The summed E-state index contributed by atoms with van der Waals surface area (Å²) in [6, 6.07) is -1.08. The van der Waals surface area contributed by atoms with E-state index in [-0.39, 0.29) is 17.9 Å². The Morgan fingerprint density at radius 2 is 2.20 bits per heavy atom. The highest BCUT2D eigenvalue weighted by Crippen LogP contribution is 2.15. The Morgan fingerprint density at radius 3 is 2.73 bits per heavy atom. The first-order chi connectivity index (χ1) is 7.02. The van der Waals surface area contributed by atoms with E-state index in [4.69, 9.17) is 5.11 Å². The molecule has 0 saturated carbocycles. The molecule has 0 bridgehead atoms. The average Bonchev–Trinajstić information content (AvgIpc) is 2.18. The highest BCUT2D eigenvalue weighted by molar-refractivity contribution is 5.86. The molecule has 0 aromatic carbocycles. The summed E-state index contributed by atoms with van der Waals surface area (Å²) in [5.74, 6) is -0.955. The number of piperidine rings is 1. The second-order valence-electron chi connectivity index (χ2n) is 4.12. The van der Waals surface area contributed by atoms with Gasteiger partial charge in [-0.25, -0.2) is 0 Å². The topological polar surface area (TPSA) is 78.4 Å². The zero-order valence-corrected chi connectivity index (χ0v) is 9.12. The minimum atomic E-state index is -1.01. The fourth-order valence-electron chi connectivity index (χ4n) is 1.77. The maximum atomic E-state index is 11.7. The first-order valence-electron chi connectivity index (χ1n) is 5.29. The van der Waals surface area contributed by atoms with Crippen LogP contribution in [-0.2, 0) is 9.59 Å². The summed E-state index contributed by atoms with van der Waals surface area (Å²) in [6.07, 6.45) is 2.08. The van der Waals surface area contributed by atoms with Crippen molar-refractivity contribution in [2.24, 2.45) is 5.92 Å². The molecule has 86 valence electrons. The van der Waals surface area contributed by atoms with E-state index in [1.165, 1.54) is 6.92 Å². The Kier molecular flexibility index (Phi) is 4.08. The normalized spacial score (nSPS) is 28.1. The van der Waals surface area contributed by atoms with Crippen molar-refractivity contribution in [2.45, 2.75) is 38.8 Å². The lowest BCUT2D eigenvalue weighted by Gasteiger charge is -2.29. The minimum Gasteiger partial charge on any atom is -0.480 e. The largest absolute Gasteiger partial charge is 0.480 e. The molecule has 5 heteroatoms. The third-order valence-electron chi connectivity index (χ3n) is 2.78. The molecule has 0 spiro atoms. The van der Waals surface area contributed by atoms with Gasteiger partial charge in [0.15, 0.2) is 0 Å². The van der Waals surface area contributed by atoms with Crippen LogP contribution in [0.4, 0.5) is 0 Å². The van der Waals surface area contributed by atoms with E-state index in [0.29, 0.717) is 0 Å². The molecule has 0 aromatic heterocycles. The van der Waals surface area contributed by atoms with E-state index in [1.54, 1.807) is 0 Å². The predicted molar refractivity (Wildman–Crippen MR) is 55.4 cm³/mol. The van der Waals surface area contributed by atoms with Crippen LogP contribution in [0, 0.1) is 5.92 Å². The summed E-state index contributed by atoms with van der Waals surface area (Å²) >= 11 is 0. The number of nitrogens with one attached hydrogen (secondary N) is 2. The molecule has 1 amide bonds. The van der Waals surface area contributed by atoms with Gasteiger partial charge in [0.25, 0.3) is 0 Å². The number of hydrogen-bond acceptors (Lipinski definition) is 3. The van der Waals surface area contributed by atoms with Gasteiger partial charge in [-0.15, -0.1) is 0 Å². The first kappa shape index (κ1) is 12.0. The number of carbonyl (C=O) groups excluding carboxylic acids is 1. The van der Waals surface area contributed by atoms with Gasteiger partial charge in [0, 0.05) is 0 Å². The van der Waals surface area contributed by atoms with E-state index < -0.39 is 12.0 Å². The van der Waals surface area contributed by atoms with Crippen LogP contribution in [0.5, 0.6) is 0 Å². The lowest BCUT2D eigenvalue weighted by molar-refractivity contribution is -0.141. The zero-order chi connectivity index (χ0) is 11.4. The molecule has 1 fully saturated rings. The molecule has 1 heterocycles. The Balaban J connectivity index is 2.48. The van der Waals surface area contributed by atoms with Gasteiger partial charge in [-0.3, -0.25) is 9.59 Å². The summed E-state index contributed by atoms with van der Waals surface area (Å²) in [4.78, 5) is 22.3. The standard InChI is InChI=1S/C10H18N2O3/c1-6-4-3-5-11-8(6)9(13)12-7(2)10(14)15/h6-8,11H,3-5H2,1-2H3,(H,12,13)(H,14,15)/t6?,7-,8?/m0/s1. The van der Waals surface area contributed by atoms with E-state index >= 15 is 0 Å². The predicted octanol–water partition coefficient (Wildman–Crippen LogP) is -0.0362. The smallest absolute Gasteiger partial charge is 0.325 e. The quantitative estimate of drug-likeness (QED) is 0.616. The summed E-state index contributed by atoms with van der Waals surface area (Å²) in [5.41, 5.74) is 0. The van der Waals surface area contributed by atoms with Crippen molar-refractivity contribution in [2.75, 3.05) is 6.54 Å². The second-order valence-corrected chi connectivity index (χ2v) is 4.12. The molecule has 3 atom stereocenters. The zero-order valence-electron chi connectivity index (χ0n) is 9.12. The van der Waals surface area contributed by atoms with Gasteiger partial charge in [0.2, 0.25) is 5.91 Å². The van der Waals surface area contributed by atoms with Gasteiger partial charge >= 0.3 is 5.97 Å². The van der Waals surface area contributed by atoms with Crippen molar-refractivity contribution in [1.82, 2.24) is 10.6 Å². The molecular formula is C10H18N2O3. The summed E-state index contributed by atoms with van der Waals surface area (Å²) in [7, 11) is 0. The minimum absolute atomic E-state index is 0.211. The van der Waals surface area contributed by atoms with Gasteiger partial charge in [-0.05, 0) is 32.2 Å². The molecule has 1 saturated heterocycles. The van der Waals surface area contributed by atoms with Crippen molar-refractivity contribution < 1.29 is 14.7 Å². The number of carboxylic acid groups (broad SMARTS) is 1. The summed E-state index contributed by atoms with van der Waals surface area (Å²) in [6.45, 7) is 4.29. The third kappa shape index (κ3) is 3.20. The van der Waals surface area contributed by atoms with Crippen LogP contribution in [0.1, 0.15) is 26.7 Å². The Bertz CT molecular complexity index is 255. The highest BCUT2D eigenvalue weighted by atomic mass is 16.4. The molecule has 1 rings (SSSR count). The van der Waals surface area contributed by atoms with Crippen LogP contribution in [0.25, 0.3) is 0 Å². The lowest BCUT2D eigenvalue weighted by Crippen LogP contribution is -2.53. The summed E-state index contributed by atoms with van der Waals surface area (Å²) < 4.78 is 0. The lowest BCUT2D eigenvalue weighted by atomic mass is 9.92. The Hall–Kier alpha value is -1.10. The van der Waals surface area contributed by atoms with Gasteiger partial charge in [0.1, 0.15) is 6.04 Å². The number of hydrogen-bond donors (Lipinski definition) is 3. The van der Waals surface area contributed by atoms with Crippen molar-refractivity contribution in [3.63, 3.8) is 0 Å². The van der Waals surface area contributed by atoms with Gasteiger partial charge in [-0.1, -0.05) is 6.92 Å². The van der Waals surface area contributed by atoms with Crippen LogP contribution in [0.2, 0.25) is 0 Å². The number of carboxylic acids is 1. The molecule has 0 aromatic rings. The molecule has 0 radical (unpaired) electrons. The fraction of sp³-hybridized carbons (Fsp3) is 0.800. The second kappa shape index (κ2) is 5.11. The van der Waals surface area contributed by atoms with Crippen molar-refractivity contribution in [3.05, 3.63) is 0 Å². The van der Waals surface area contributed by atoms with Crippen LogP contribution in [-0.4, -0.2) is 35.6 Å². The monoisotopic (exact) mass is 214 g/mol. The number of amides is 1. The van der Waals surface area contributed by atoms with Crippen molar-refractivity contribution in [1.29, 1.82) is 0 Å². The molecule has 15 heavy (non-hydrogen) atoms. The van der Waals surface area contributed by atoms with Gasteiger partial charge in [0.05, 0.1) is 6.04 Å². The number of rotatable bonds is 3. The van der Waals surface area contributed by atoms with Gasteiger partial charge < -0.3 is 15.7 Å². The van der Waals surface area contributed by atoms with Crippen LogP contribution in [0.3, 0.4) is 0 Å². The van der Waals surface area contributed by atoms with E-state index in [0.717, 1.165) is 19.4 Å². The number of aliphatic carboxylic acids is 1. The van der Waals surface area contributed by atoms with Crippen molar-refractivity contribution >= 4 is 11.9 Å². The van der Waals surface area contributed by atoms with Crippen LogP contribution < -0.4 is 10.6 Å². The highest BCUT2D eigenvalue weighted by Gasteiger charge is 2.28. The van der Waals surface area contributed by atoms with Gasteiger partial charge in [-0.2, -0.15) is 0 Å². The van der Waals surface area contributed by atoms with Crippen molar-refractivity contribution in [3.8, 4) is 0 Å².